The van der Waals surface area contributed by atoms with E-state index in [-0.39, 0.29) is 56.7 Å². The van der Waals surface area contributed by atoms with Crippen molar-refractivity contribution in [2.75, 3.05) is 26.4 Å². The normalized spacial score (nSPS) is 8.91. The fourth-order valence-corrected chi connectivity index (χ4v) is 0.473. The van der Waals surface area contributed by atoms with Gasteiger partial charge in [-0.3, -0.25) is 4.79 Å². The van der Waals surface area contributed by atoms with Crippen LogP contribution >= 0.6 is 0 Å². The van der Waals surface area contributed by atoms with E-state index in [4.69, 9.17) is 9.47 Å². The standard InChI is InChI=1S/C7H14O3.Ca.2H/c1-3-9-5-7(8)6-10-4-2;;;/h3-6H2,1-2H3;;;. The van der Waals surface area contributed by atoms with E-state index in [1.54, 1.807) is 0 Å². The van der Waals surface area contributed by atoms with E-state index in [2.05, 4.69) is 0 Å². The quantitative estimate of drug-likeness (QED) is 0.537. The van der Waals surface area contributed by atoms with Gasteiger partial charge in [0.1, 0.15) is 13.2 Å². The Balaban J connectivity index is 0. The first-order chi connectivity index (χ1) is 4.81. The van der Waals surface area contributed by atoms with Gasteiger partial charge in [0.25, 0.3) is 0 Å². The van der Waals surface area contributed by atoms with E-state index >= 15 is 0 Å². The molecule has 4 heteroatoms. The van der Waals surface area contributed by atoms with Gasteiger partial charge in [-0.1, -0.05) is 0 Å². The molecule has 0 fully saturated rings. The molecule has 0 aromatic rings. The molecule has 0 atom stereocenters. The second kappa shape index (κ2) is 10.8. The molecule has 0 aromatic heterocycles. The van der Waals surface area contributed by atoms with E-state index in [9.17, 15) is 4.79 Å². The molecule has 0 rings (SSSR count). The molecule has 0 spiro atoms. The van der Waals surface area contributed by atoms with Crippen LogP contribution < -0.4 is 0 Å². The number of carbonyl (C=O) groups excluding carboxylic acids is 1. The Kier molecular flexibility index (Phi) is 14.2. The Hall–Kier alpha value is 0.850. The Morgan fingerprint density at radius 3 is 1.73 bits per heavy atom. The third kappa shape index (κ3) is 10.8. The molecule has 0 aromatic carbocycles. The van der Waals surface area contributed by atoms with Crippen molar-refractivity contribution in [3.05, 3.63) is 0 Å². The Morgan fingerprint density at radius 1 is 1.09 bits per heavy atom. The summed E-state index contributed by atoms with van der Waals surface area (Å²) in [6, 6.07) is 0. The predicted molar refractivity (Wildman–Crippen MR) is 46.5 cm³/mol. The summed E-state index contributed by atoms with van der Waals surface area (Å²) < 4.78 is 9.73. The molecule has 0 aliphatic rings. The van der Waals surface area contributed by atoms with Crippen LogP contribution in [0.25, 0.3) is 0 Å². The summed E-state index contributed by atoms with van der Waals surface area (Å²) in [7, 11) is 0. The van der Waals surface area contributed by atoms with E-state index < -0.39 is 0 Å². The third-order valence-corrected chi connectivity index (χ3v) is 0.934. The van der Waals surface area contributed by atoms with Crippen molar-refractivity contribution in [3.8, 4) is 0 Å². The molecule has 0 N–H and O–H groups in total. The number of hydrogen-bond acceptors (Lipinski definition) is 3. The molecule has 11 heavy (non-hydrogen) atoms. The van der Waals surface area contributed by atoms with Crippen molar-refractivity contribution in [2.45, 2.75) is 13.8 Å². The van der Waals surface area contributed by atoms with Gasteiger partial charge in [-0.2, -0.15) is 0 Å². The molecule has 0 amide bonds. The molecule has 64 valence electrons. The minimum atomic E-state index is 0. The maximum atomic E-state index is 10.7. The molecule has 3 nitrogen and oxygen atoms in total. The van der Waals surface area contributed by atoms with Gasteiger partial charge in [-0.05, 0) is 13.8 Å². The molecule has 0 saturated carbocycles. The number of ether oxygens (including phenoxy) is 2. The summed E-state index contributed by atoms with van der Waals surface area (Å²) in [5, 5.41) is 0. The Labute approximate surface area is 97.4 Å². The van der Waals surface area contributed by atoms with Gasteiger partial charge in [-0.15, -0.1) is 0 Å². The van der Waals surface area contributed by atoms with E-state index in [1.807, 2.05) is 13.8 Å². The summed E-state index contributed by atoms with van der Waals surface area (Å²) in [5.74, 6) is 0.00343. The van der Waals surface area contributed by atoms with Gasteiger partial charge in [0, 0.05) is 13.2 Å². The average Bonchev–Trinajstić information content (AvgIpc) is 1.97. The topological polar surface area (TPSA) is 35.5 Å². The van der Waals surface area contributed by atoms with Gasteiger partial charge in [-0.25, -0.2) is 0 Å². The summed E-state index contributed by atoms with van der Waals surface area (Å²) in [6.45, 7) is 5.23. The van der Waals surface area contributed by atoms with Crippen LogP contribution in [0.15, 0.2) is 0 Å². The van der Waals surface area contributed by atoms with Crippen LogP contribution in [0.2, 0.25) is 0 Å². The van der Waals surface area contributed by atoms with Crippen molar-refractivity contribution in [1.82, 2.24) is 0 Å². The first-order valence-electron chi connectivity index (χ1n) is 3.48. The van der Waals surface area contributed by atoms with Crippen LogP contribution in [0, 0.1) is 0 Å². The molecular formula is C7H16CaO3. The second-order valence-corrected chi connectivity index (χ2v) is 1.81. The number of hydrogen-bond donors (Lipinski definition) is 0. The van der Waals surface area contributed by atoms with Crippen LogP contribution in [-0.4, -0.2) is 69.9 Å². The van der Waals surface area contributed by atoms with Gasteiger partial charge < -0.3 is 9.47 Å². The first kappa shape index (κ1) is 14.4. The fourth-order valence-electron chi connectivity index (χ4n) is 0.473. The van der Waals surface area contributed by atoms with Crippen LogP contribution in [-0.2, 0) is 14.3 Å². The predicted octanol–water partition coefficient (Wildman–Crippen LogP) is -0.288. The number of rotatable bonds is 6. The van der Waals surface area contributed by atoms with Crippen molar-refractivity contribution in [1.29, 1.82) is 0 Å². The zero-order valence-electron chi connectivity index (χ0n) is 6.55. The number of Topliss-reactive ketones (excluding diaryl/α,β-unsaturated/α-hetero) is 1. The van der Waals surface area contributed by atoms with Crippen molar-refractivity contribution in [2.24, 2.45) is 0 Å². The monoisotopic (exact) mass is 188 g/mol. The summed E-state index contributed by atoms with van der Waals surface area (Å²) in [4.78, 5) is 10.7. The van der Waals surface area contributed by atoms with Gasteiger partial charge in [0.15, 0.2) is 5.78 Å². The van der Waals surface area contributed by atoms with Crippen LogP contribution in [0.5, 0.6) is 0 Å². The Bertz CT molecular complexity index is 85.7. The first-order valence-corrected chi connectivity index (χ1v) is 3.48. The van der Waals surface area contributed by atoms with Gasteiger partial charge in [0.05, 0.1) is 0 Å². The van der Waals surface area contributed by atoms with Crippen molar-refractivity contribution in [3.63, 3.8) is 0 Å². The molecule has 0 unspecified atom stereocenters. The third-order valence-electron chi connectivity index (χ3n) is 0.934. The molecule has 0 bridgehead atoms. The zero-order valence-corrected chi connectivity index (χ0v) is 6.55. The molecule has 0 heterocycles. The van der Waals surface area contributed by atoms with E-state index in [0.29, 0.717) is 13.2 Å². The summed E-state index contributed by atoms with van der Waals surface area (Å²) >= 11 is 0. The van der Waals surface area contributed by atoms with E-state index in [1.165, 1.54) is 0 Å². The summed E-state index contributed by atoms with van der Waals surface area (Å²) in [5.41, 5.74) is 0. The summed E-state index contributed by atoms with van der Waals surface area (Å²) in [6.07, 6.45) is 0. The fraction of sp³-hybridized carbons (Fsp3) is 0.857. The molecule has 0 radical (unpaired) electrons. The molecular weight excluding hydrogens is 172 g/mol. The average molecular weight is 188 g/mol. The Morgan fingerprint density at radius 2 is 1.45 bits per heavy atom. The van der Waals surface area contributed by atoms with Gasteiger partial charge >= 0.3 is 37.7 Å². The number of ketones is 1. The molecule has 0 aliphatic heterocycles. The van der Waals surface area contributed by atoms with Crippen LogP contribution in [0.1, 0.15) is 13.8 Å². The maximum absolute atomic E-state index is 10.7. The second-order valence-electron chi connectivity index (χ2n) is 1.81. The molecule has 0 aliphatic carbocycles. The van der Waals surface area contributed by atoms with Crippen LogP contribution in [0.4, 0.5) is 0 Å². The SMILES string of the molecule is CCOCC(=O)COCC.[CaH2]. The zero-order chi connectivity index (χ0) is 7.82. The van der Waals surface area contributed by atoms with E-state index in [0.717, 1.165) is 0 Å². The van der Waals surface area contributed by atoms with Crippen molar-refractivity contribution < 1.29 is 14.3 Å². The van der Waals surface area contributed by atoms with Crippen molar-refractivity contribution >= 4 is 43.5 Å². The number of carbonyl (C=O) groups is 1. The van der Waals surface area contributed by atoms with Crippen LogP contribution in [0.3, 0.4) is 0 Å². The minimum absolute atomic E-state index is 0. The van der Waals surface area contributed by atoms with Gasteiger partial charge in [0.2, 0.25) is 0 Å². The molecule has 0 saturated heterocycles.